The largest absolute Gasteiger partial charge is 0.409 e. The minimum Gasteiger partial charge on any atom is -0.314 e. The van der Waals surface area contributed by atoms with E-state index in [2.05, 4.69) is 5.32 Å². The standard InChI is InChI=1S/C8H12F3NO2S/c9-8(10,11)7-5-12-4-6(7)2-1-3-15(7,13)14/h6,12H,1-5H2/t6-,7+/m0/s1. The van der Waals surface area contributed by atoms with Gasteiger partial charge in [0, 0.05) is 12.5 Å². The van der Waals surface area contributed by atoms with Crippen LogP contribution in [-0.4, -0.2) is 38.2 Å². The molecular formula is C8H12F3NO2S. The van der Waals surface area contributed by atoms with Crippen molar-refractivity contribution in [1.82, 2.24) is 5.32 Å². The van der Waals surface area contributed by atoms with Crippen LogP contribution in [0.1, 0.15) is 12.8 Å². The lowest BCUT2D eigenvalue weighted by molar-refractivity contribution is -0.167. The van der Waals surface area contributed by atoms with Crippen molar-refractivity contribution in [2.75, 3.05) is 18.8 Å². The van der Waals surface area contributed by atoms with E-state index >= 15 is 0 Å². The van der Waals surface area contributed by atoms with E-state index in [1.807, 2.05) is 0 Å². The number of halogens is 3. The summed E-state index contributed by atoms with van der Waals surface area (Å²) in [5, 5.41) is 2.57. The number of rotatable bonds is 0. The lowest BCUT2D eigenvalue weighted by Crippen LogP contribution is -2.60. The molecule has 0 amide bonds. The molecule has 0 aromatic heterocycles. The van der Waals surface area contributed by atoms with Crippen molar-refractivity contribution < 1.29 is 21.6 Å². The first-order valence-electron chi connectivity index (χ1n) is 4.81. The summed E-state index contributed by atoms with van der Waals surface area (Å²) in [6.07, 6.45) is -3.99. The lowest BCUT2D eigenvalue weighted by Gasteiger charge is -2.39. The first kappa shape index (κ1) is 11.2. The summed E-state index contributed by atoms with van der Waals surface area (Å²) in [7, 11) is -4.07. The van der Waals surface area contributed by atoms with Crippen molar-refractivity contribution in [1.29, 1.82) is 0 Å². The number of fused-ring (bicyclic) bond motifs is 1. The molecule has 3 nitrogen and oxygen atoms in total. The van der Waals surface area contributed by atoms with Gasteiger partial charge in [-0.2, -0.15) is 13.2 Å². The Morgan fingerprint density at radius 2 is 2.00 bits per heavy atom. The Bertz CT molecular complexity index is 365. The highest BCUT2D eigenvalue weighted by Crippen LogP contribution is 2.49. The van der Waals surface area contributed by atoms with Gasteiger partial charge in [0.15, 0.2) is 14.6 Å². The molecule has 0 aliphatic carbocycles. The quantitative estimate of drug-likeness (QED) is 0.681. The van der Waals surface area contributed by atoms with Crippen LogP contribution in [0.5, 0.6) is 0 Å². The van der Waals surface area contributed by atoms with Crippen molar-refractivity contribution in [2.45, 2.75) is 23.8 Å². The van der Waals surface area contributed by atoms with E-state index in [1.54, 1.807) is 0 Å². The molecule has 0 saturated carbocycles. The molecule has 2 heterocycles. The van der Waals surface area contributed by atoms with Crippen LogP contribution in [0.4, 0.5) is 13.2 Å². The van der Waals surface area contributed by atoms with Crippen molar-refractivity contribution >= 4 is 9.84 Å². The highest BCUT2D eigenvalue weighted by molar-refractivity contribution is 7.93. The van der Waals surface area contributed by atoms with Crippen LogP contribution in [0.2, 0.25) is 0 Å². The molecule has 2 aliphatic rings. The first-order chi connectivity index (χ1) is 6.81. The van der Waals surface area contributed by atoms with Crippen LogP contribution in [-0.2, 0) is 9.84 Å². The van der Waals surface area contributed by atoms with Crippen molar-refractivity contribution in [3.8, 4) is 0 Å². The predicted octanol–water partition coefficient (Wildman–Crippen LogP) is 0.716. The van der Waals surface area contributed by atoms with Crippen molar-refractivity contribution in [3.05, 3.63) is 0 Å². The molecule has 0 bridgehead atoms. The summed E-state index contributed by atoms with van der Waals surface area (Å²) in [4.78, 5) is 0. The molecule has 0 aromatic rings. The number of hydrogen-bond acceptors (Lipinski definition) is 3. The molecule has 1 N–H and O–H groups in total. The fraction of sp³-hybridized carbons (Fsp3) is 1.00. The molecule has 0 spiro atoms. The Morgan fingerprint density at radius 1 is 1.33 bits per heavy atom. The molecule has 2 atom stereocenters. The molecule has 2 saturated heterocycles. The van der Waals surface area contributed by atoms with Gasteiger partial charge in [0.05, 0.1) is 5.75 Å². The highest BCUT2D eigenvalue weighted by Gasteiger charge is 2.69. The van der Waals surface area contributed by atoms with E-state index in [1.165, 1.54) is 0 Å². The zero-order valence-electron chi connectivity index (χ0n) is 7.97. The first-order valence-corrected chi connectivity index (χ1v) is 6.46. The fourth-order valence-corrected chi connectivity index (χ4v) is 4.94. The predicted molar refractivity (Wildman–Crippen MR) is 48.2 cm³/mol. The Morgan fingerprint density at radius 3 is 2.53 bits per heavy atom. The van der Waals surface area contributed by atoms with E-state index in [0.29, 0.717) is 12.8 Å². The molecule has 2 aliphatic heterocycles. The average Bonchev–Trinajstić information content (AvgIpc) is 2.47. The summed E-state index contributed by atoms with van der Waals surface area (Å²) >= 11 is 0. The van der Waals surface area contributed by atoms with E-state index in [-0.39, 0.29) is 12.3 Å². The summed E-state index contributed by atoms with van der Waals surface area (Å²) in [5.74, 6) is -1.15. The van der Waals surface area contributed by atoms with Gasteiger partial charge in [0.2, 0.25) is 0 Å². The summed E-state index contributed by atoms with van der Waals surface area (Å²) < 4.78 is 59.7. The van der Waals surface area contributed by atoms with Gasteiger partial charge in [-0.25, -0.2) is 8.42 Å². The molecule has 0 aromatic carbocycles. The Hall–Kier alpha value is -0.300. The number of sulfone groups is 1. The van der Waals surface area contributed by atoms with Gasteiger partial charge in [0.25, 0.3) is 0 Å². The summed E-state index contributed by atoms with van der Waals surface area (Å²) in [5.41, 5.74) is 0. The van der Waals surface area contributed by atoms with Crippen LogP contribution in [0.15, 0.2) is 0 Å². The highest BCUT2D eigenvalue weighted by atomic mass is 32.2. The second-order valence-corrected chi connectivity index (χ2v) is 6.54. The zero-order chi connectivity index (χ0) is 11.3. The van der Waals surface area contributed by atoms with Crippen LogP contribution in [0.25, 0.3) is 0 Å². The molecule has 2 rings (SSSR count). The van der Waals surface area contributed by atoms with Crippen LogP contribution in [0, 0.1) is 5.92 Å². The smallest absolute Gasteiger partial charge is 0.314 e. The van der Waals surface area contributed by atoms with Gasteiger partial charge in [-0.05, 0) is 19.4 Å². The second kappa shape index (κ2) is 3.10. The van der Waals surface area contributed by atoms with Gasteiger partial charge >= 0.3 is 6.18 Å². The van der Waals surface area contributed by atoms with E-state index < -0.39 is 33.2 Å². The SMILES string of the molecule is O=S1(=O)CCC[C@H]2CNC[C@]21C(F)(F)F. The van der Waals surface area contributed by atoms with Crippen molar-refractivity contribution in [2.24, 2.45) is 5.92 Å². The van der Waals surface area contributed by atoms with E-state index in [9.17, 15) is 21.6 Å². The van der Waals surface area contributed by atoms with Crippen LogP contribution >= 0.6 is 0 Å². The number of alkyl halides is 3. The summed E-state index contributed by atoms with van der Waals surface area (Å²) in [6, 6.07) is 0. The Balaban J connectivity index is 2.55. The maximum atomic E-state index is 13.0. The number of hydrogen-bond donors (Lipinski definition) is 1. The molecule has 7 heteroatoms. The fourth-order valence-electron chi connectivity index (χ4n) is 2.65. The third-order valence-corrected chi connectivity index (χ3v) is 6.08. The van der Waals surface area contributed by atoms with Gasteiger partial charge in [0.1, 0.15) is 0 Å². The maximum Gasteiger partial charge on any atom is 0.409 e. The number of nitrogens with one attached hydrogen (secondary N) is 1. The van der Waals surface area contributed by atoms with Gasteiger partial charge in [-0.1, -0.05) is 0 Å². The topological polar surface area (TPSA) is 46.2 Å². The molecule has 2 fully saturated rings. The third-order valence-electron chi connectivity index (χ3n) is 3.44. The molecule has 0 unspecified atom stereocenters. The van der Waals surface area contributed by atoms with Gasteiger partial charge in [-0.15, -0.1) is 0 Å². The van der Waals surface area contributed by atoms with Gasteiger partial charge in [-0.3, -0.25) is 0 Å². The van der Waals surface area contributed by atoms with Gasteiger partial charge < -0.3 is 5.32 Å². The summed E-state index contributed by atoms with van der Waals surface area (Å²) in [6.45, 7) is -0.331. The normalized spacial score (nSPS) is 40.1. The molecular weight excluding hydrogens is 231 g/mol. The van der Waals surface area contributed by atoms with E-state index in [4.69, 9.17) is 0 Å². The lowest BCUT2D eigenvalue weighted by atomic mass is 9.90. The van der Waals surface area contributed by atoms with Crippen LogP contribution in [0.3, 0.4) is 0 Å². The Labute approximate surface area is 86.0 Å². The molecule has 88 valence electrons. The second-order valence-electron chi connectivity index (χ2n) is 4.18. The zero-order valence-corrected chi connectivity index (χ0v) is 8.79. The average molecular weight is 243 g/mol. The minimum atomic E-state index is -4.67. The molecule has 0 radical (unpaired) electrons. The van der Waals surface area contributed by atoms with Crippen molar-refractivity contribution in [3.63, 3.8) is 0 Å². The molecule has 15 heavy (non-hydrogen) atoms. The van der Waals surface area contributed by atoms with E-state index in [0.717, 1.165) is 0 Å². The third kappa shape index (κ3) is 1.32. The van der Waals surface area contributed by atoms with Crippen LogP contribution < -0.4 is 5.32 Å². The Kier molecular flexibility index (Phi) is 2.31. The maximum absolute atomic E-state index is 13.0. The minimum absolute atomic E-state index is 0.152. The monoisotopic (exact) mass is 243 g/mol.